The highest BCUT2D eigenvalue weighted by atomic mass is 16.5. The number of nitrogens with two attached hydrogens (primary N) is 1. The van der Waals surface area contributed by atoms with Gasteiger partial charge in [-0.25, -0.2) is 4.68 Å². The Morgan fingerprint density at radius 1 is 1.12 bits per heavy atom. The summed E-state index contributed by atoms with van der Waals surface area (Å²) in [6, 6.07) is 14.1. The molecule has 222 valence electrons. The Labute approximate surface area is 250 Å². The van der Waals surface area contributed by atoms with Crippen molar-refractivity contribution in [1.82, 2.24) is 29.4 Å². The van der Waals surface area contributed by atoms with Crippen LogP contribution in [-0.2, 0) is 11.3 Å². The Kier molecular flexibility index (Phi) is 7.28. The van der Waals surface area contributed by atoms with Crippen LogP contribution in [0.3, 0.4) is 0 Å². The normalized spacial score (nSPS) is 16.3. The SMILES string of the molecule is CC(C)c1cnn2c(NCc3ccccc3-n3cc4cc(C(=O)CC5COC5)ccc4n3)nc(N3CCC(N)CC3)nc12. The summed E-state index contributed by atoms with van der Waals surface area (Å²) in [4.78, 5) is 24.9. The number of ketones is 1. The second kappa shape index (κ2) is 11.4. The molecule has 2 saturated heterocycles. The van der Waals surface area contributed by atoms with Crippen molar-refractivity contribution in [3.05, 3.63) is 71.5 Å². The van der Waals surface area contributed by atoms with E-state index in [0.29, 0.717) is 49.6 Å². The first-order chi connectivity index (χ1) is 20.9. The zero-order valence-electron chi connectivity index (χ0n) is 24.6. The van der Waals surface area contributed by atoms with E-state index in [0.717, 1.165) is 59.3 Å². The number of benzene rings is 2. The number of nitrogens with one attached hydrogen (secondary N) is 1. The average molecular weight is 580 g/mol. The molecule has 2 aromatic carbocycles. The van der Waals surface area contributed by atoms with Crippen molar-refractivity contribution < 1.29 is 9.53 Å². The quantitative estimate of drug-likeness (QED) is 0.245. The molecule has 0 radical (unpaired) electrons. The maximum atomic E-state index is 12.8. The second-order valence-corrected chi connectivity index (χ2v) is 12.0. The Bertz CT molecular complexity index is 1780. The monoisotopic (exact) mass is 579 g/mol. The van der Waals surface area contributed by atoms with E-state index < -0.39 is 0 Å². The predicted octanol–water partition coefficient (Wildman–Crippen LogP) is 4.35. The molecule has 5 heterocycles. The van der Waals surface area contributed by atoms with Crippen molar-refractivity contribution in [2.45, 2.75) is 51.6 Å². The number of para-hydroxylation sites is 1. The van der Waals surface area contributed by atoms with E-state index in [1.165, 1.54) is 0 Å². The molecule has 0 aliphatic carbocycles. The first-order valence-electron chi connectivity index (χ1n) is 15.1. The van der Waals surface area contributed by atoms with Crippen LogP contribution >= 0.6 is 0 Å². The van der Waals surface area contributed by atoms with Crippen LogP contribution in [0.2, 0.25) is 0 Å². The van der Waals surface area contributed by atoms with Crippen LogP contribution in [0.5, 0.6) is 0 Å². The van der Waals surface area contributed by atoms with Crippen LogP contribution in [0, 0.1) is 5.92 Å². The van der Waals surface area contributed by atoms with Crippen LogP contribution < -0.4 is 16.0 Å². The highest BCUT2D eigenvalue weighted by Crippen LogP contribution is 2.26. The number of aromatic nitrogens is 6. The van der Waals surface area contributed by atoms with E-state index in [2.05, 4.69) is 35.2 Å². The van der Waals surface area contributed by atoms with E-state index in [1.807, 2.05) is 53.5 Å². The van der Waals surface area contributed by atoms with Gasteiger partial charge in [-0.2, -0.15) is 24.7 Å². The molecule has 11 nitrogen and oxygen atoms in total. The molecule has 3 N–H and O–H groups in total. The van der Waals surface area contributed by atoms with Crippen molar-refractivity contribution in [2.24, 2.45) is 11.7 Å². The third-order valence-corrected chi connectivity index (χ3v) is 8.51. The molecule has 0 amide bonds. The van der Waals surface area contributed by atoms with Gasteiger partial charge in [-0.05, 0) is 48.6 Å². The Balaban J connectivity index is 1.17. The topological polar surface area (TPSA) is 128 Å². The van der Waals surface area contributed by atoms with E-state index >= 15 is 0 Å². The largest absolute Gasteiger partial charge is 0.381 e. The summed E-state index contributed by atoms with van der Waals surface area (Å²) in [6.07, 6.45) is 6.24. The molecule has 11 heteroatoms. The number of hydrogen-bond donors (Lipinski definition) is 2. The number of Topliss-reactive ketones (excluding diaryl/α,β-unsaturated/α-hetero) is 1. The summed E-state index contributed by atoms with van der Waals surface area (Å²) >= 11 is 0. The summed E-state index contributed by atoms with van der Waals surface area (Å²) in [5, 5.41) is 14.0. The number of carbonyl (C=O) groups is 1. The fourth-order valence-electron chi connectivity index (χ4n) is 5.81. The molecule has 7 rings (SSSR count). The zero-order valence-corrected chi connectivity index (χ0v) is 24.6. The van der Waals surface area contributed by atoms with Crippen molar-refractivity contribution in [1.29, 1.82) is 0 Å². The summed E-state index contributed by atoms with van der Waals surface area (Å²) < 4.78 is 8.92. The number of carbonyl (C=O) groups excluding carboxylic acids is 1. The maximum absolute atomic E-state index is 12.8. The lowest BCUT2D eigenvalue weighted by Gasteiger charge is -2.30. The maximum Gasteiger partial charge on any atom is 0.230 e. The third-order valence-electron chi connectivity index (χ3n) is 8.51. The minimum atomic E-state index is 0.148. The molecule has 2 aliphatic heterocycles. The molecule has 2 aliphatic rings. The van der Waals surface area contributed by atoms with Crippen molar-refractivity contribution in [2.75, 3.05) is 36.5 Å². The third kappa shape index (κ3) is 5.46. The minimum Gasteiger partial charge on any atom is -0.381 e. The van der Waals surface area contributed by atoms with Crippen molar-refractivity contribution >= 4 is 34.2 Å². The van der Waals surface area contributed by atoms with Crippen LogP contribution in [0.25, 0.3) is 22.2 Å². The summed E-state index contributed by atoms with van der Waals surface area (Å²) in [7, 11) is 0. The molecule has 5 aromatic rings. The predicted molar refractivity (Wildman–Crippen MR) is 166 cm³/mol. The van der Waals surface area contributed by atoms with E-state index in [4.69, 9.17) is 25.5 Å². The highest BCUT2D eigenvalue weighted by Gasteiger charge is 2.24. The average Bonchev–Trinajstić information content (AvgIpc) is 3.62. The van der Waals surface area contributed by atoms with Crippen molar-refractivity contribution in [3.63, 3.8) is 0 Å². The van der Waals surface area contributed by atoms with E-state index in [9.17, 15) is 4.79 Å². The van der Waals surface area contributed by atoms with Gasteiger partial charge in [0.25, 0.3) is 0 Å². The fourth-order valence-corrected chi connectivity index (χ4v) is 5.81. The molecule has 0 atom stereocenters. The second-order valence-electron chi connectivity index (χ2n) is 12.0. The van der Waals surface area contributed by atoms with Gasteiger partial charge in [-0.15, -0.1) is 0 Å². The molecule has 0 saturated carbocycles. The Morgan fingerprint density at radius 2 is 1.93 bits per heavy atom. The number of fused-ring (bicyclic) bond motifs is 2. The van der Waals surface area contributed by atoms with Gasteiger partial charge >= 0.3 is 0 Å². The van der Waals surface area contributed by atoms with E-state index in [-0.39, 0.29) is 17.7 Å². The van der Waals surface area contributed by atoms with Gasteiger partial charge in [-0.3, -0.25) is 4.79 Å². The van der Waals surface area contributed by atoms with Gasteiger partial charge in [-0.1, -0.05) is 32.0 Å². The minimum absolute atomic E-state index is 0.148. The highest BCUT2D eigenvalue weighted by molar-refractivity contribution is 5.99. The van der Waals surface area contributed by atoms with Crippen LogP contribution in [0.4, 0.5) is 11.9 Å². The molecular weight excluding hydrogens is 542 g/mol. The van der Waals surface area contributed by atoms with E-state index in [1.54, 1.807) is 4.52 Å². The van der Waals surface area contributed by atoms with Gasteiger partial charge in [0.15, 0.2) is 11.4 Å². The number of piperidine rings is 1. The standard InChI is InChI=1S/C32H37N9O2/c1-20(2)26-16-35-41-30(26)36-32(39-11-9-25(33)10-12-39)37-31(41)34-15-23-5-3-4-6-28(23)40-17-24-14-22(7-8-27(24)38-40)29(42)13-21-18-43-19-21/h3-8,14,16-17,20-21,25H,9-13,15,18-19,33H2,1-2H3,(H,34,36,37). The summed E-state index contributed by atoms with van der Waals surface area (Å²) in [5.41, 5.74) is 11.6. The van der Waals surface area contributed by atoms with Gasteiger partial charge in [0.05, 0.1) is 30.6 Å². The molecular formula is C32H37N9O2. The lowest BCUT2D eigenvalue weighted by atomic mass is 9.96. The Hall–Kier alpha value is -4.35. The summed E-state index contributed by atoms with van der Waals surface area (Å²) in [6.45, 7) is 7.82. The zero-order chi connectivity index (χ0) is 29.5. The lowest BCUT2D eigenvalue weighted by Crippen LogP contribution is -2.40. The lowest BCUT2D eigenvalue weighted by molar-refractivity contribution is -0.0321. The number of hydrogen-bond acceptors (Lipinski definition) is 9. The number of ether oxygens (including phenoxy) is 1. The Morgan fingerprint density at radius 3 is 2.70 bits per heavy atom. The van der Waals surface area contributed by atoms with Gasteiger partial charge < -0.3 is 20.7 Å². The van der Waals surface area contributed by atoms with Gasteiger partial charge in [0.2, 0.25) is 11.9 Å². The van der Waals surface area contributed by atoms with Crippen LogP contribution in [0.15, 0.2) is 54.9 Å². The van der Waals surface area contributed by atoms with Crippen LogP contribution in [-0.4, -0.2) is 67.5 Å². The fraction of sp³-hybridized carbons (Fsp3) is 0.406. The number of anilines is 2. The first kappa shape index (κ1) is 27.5. The molecule has 43 heavy (non-hydrogen) atoms. The smallest absolute Gasteiger partial charge is 0.230 e. The number of nitrogens with zero attached hydrogens (tertiary/aromatic N) is 7. The van der Waals surface area contributed by atoms with Crippen molar-refractivity contribution in [3.8, 4) is 5.69 Å². The molecule has 0 unspecified atom stereocenters. The number of rotatable bonds is 9. The molecule has 3 aromatic heterocycles. The summed E-state index contributed by atoms with van der Waals surface area (Å²) in [5.74, 6) is 2.10. The van der Waals surface area contributed by atoms with Gasteiger partial charge in [0, 0.05) is 60.7 Å². The molecule has 2 fully saturated rings. The molecule has 0 spiro atoms. The first-order valence-corrected chi connectivity index (χ1v) is 15.1. The molecule has 0 bridgehead atoms. The van der Waals surface area contributed by atoms with Gasteiger partial charge in [0.1, 0.15) is 0 Å². The van der Waals surface area contributed by atoms with Crippen LogP contribution in [0.1, 0.15) is 60.5 Å².